The first-order chi connectivity index (χ1) is 11.0. The van der Waals surface area contributed by atoms with Crippen LogP contribution in [-0.4, -0.2) is 52.5 Å². The molecule has 0 radical (unpaired) electrons. The van der Waals surface area contributed by atoms with Crippen LogP contribution in [0, 0.1) is 0 Å². The fraction of sp³-hybridized carbons (Fsp3) is 0.647. The van der Waals surface area contributed by atoms with Crippen molar-refractivity contribution in [1.29, 1.82) is 0 Å². The molecule has 1 aromatic carbocycles. The van der Waals surface area contributed by atoms with Gasteiger partial charge in [-0.3, -0.25) is 11.3 Å². The Balaban J connectivity index is 1.83. The lowest BCUT2D eigenvalue weighted by Crippen LogP contribution is -2.77. The zero-order valence-corrected chi connectivity index (χ0v) is 13.2. The molecule has 2 heterocycles. The number of hydrogen-bond donors (Lipinski definition) is 4. The number of hydrazine groups is 1. The minimum absolute atomic E-state index is 0.0166. The van der Waals surface area contributed by atoms with Crippen LogP contribution in [0.1, 0.15) is 30.4 Å². The summed E-state index contributed by atoms with van der Waals surface area (Å²) in [4.78, 5) is 2.28. The van der Waals surface area contributed by atoms with Gasteiger partial charge in [-0.15, -0.1) is 0 Å². The molecule has 1 saturated heterocycles. The van der Waals surface area contributed by atoms with Gasteiger partial charge in [-0.2, -0.15) is 0 Å². The van der Waals surface area contributed by atoms with Crippen LogP contribution in [0.25, 0.3) is 0 Å². The molecule has 5 rings (SSSR count). The third-order valence-corrected chi connectivity index (χ3v) is 6.94. The van der Waals surface area contributed by atoms with E-state index in [0.717, 1.165) is 31.4 Å². The molecule has 0 aromatic heterocycles. The van der Waals surface area contributed by atoms with Gasteiger partial charge in [0, 0.05) is 11.6 Å². The van der Waals surface area contributed by atoms with Gasteiger partial charge in [0.25, 0.3) is 0 Å². The van der Waals surface area contributed by atoms with Crippen molar-refractivity contribution in [3.8, 4) is 11.5 Å². The Morgan fingerprint density at radius 2 is 2.22 bits per heavy atom. The largest absolute Gasteiger partial charge is 0.504 e. The van der Waals surface area contributed by atoms with E-state index in [1.807, 2.05) is 6.07 Å². The normalized spacial score (nSPS) is 43.9. The first-order valence-electron chi connectivity index (χ1n) is 8.43. The highest BCUT2D eigenvalue weighted by molar-refractivity contribution is 5.62. The lowest BCUT2D eigenvalue weighted by atomic mass is 9.48. The number of nitrogens with zero attached hydrogens (tertiary/aromatic N) is 1. The van der Waals surface area contributed by atoms with E-state index in [1.54, 1.807) is 6.07 Å². The molecule has 23 heavy (non-hydrogen) atoms. The summed E-state index contributed by atoms with van der Waals surface area (Å²) in [6.07, 6.45) is 2.86. The summed E-state index contributed by atoms with van der Waals surface area (Å²) in [5, 5.41) is 22.1. The average molecular weight is 317 g/mol. The quantitative estimate of drug-likeness (QED) is 0.431. The minimum atomic E-state index is -0.829. The van der Waals surface area contributed by atoms with Gasteiger partial charge >= 0.3 is 0 Å². The van der Waals surface area contributed by atoms with Crippen molar-refractivity contribution in [2.75, 3.05) is 13.6 Å². The molecule has 2 aliphatic carbocycles. The summed E-state index contributed by atoms with van der Waals surface area (Å²) in [5.41, 5.74) is 3.82. The summed E-state index contributed by atoms with van der Waals surface area (Å²) in [7, 11) is 2.10. The zero-order chi connectivity index (χ0) is 16.0. The molecule has 4 aliphatic rings. The van der Waals surface area contributed by atoms with Crippen molar-refractivity contribution >= 4 is 0 Å². The Kier molecular flexibility index (Phi) is 2.56. The predicted molar refractivity (Wildman–Crippen MR) is 84.2 cm³/mol. The first kappa shape index (κ1) is 14.0. The van der Waals surface area contributed by atoms with Crippen LogP contribution in [0.3, 0.4) is 0 Å². The fourth-order valence-corrected chi connectivity index (χ4v) is 5.92. The Hall–Kier alpha value is -1.34. The molecule has 2 bridgehead atoms. The number of piperidine rings is 1. The lowest BCUT2D eigenvalue weighted by molar-refractivity contribution is -0.186. The molecule has 1 spiro atoms. The van der Waals surface area contributed by atoms with Crippen LogP contribution in [0.5, 0.6) is 11.5 Å². The topological polar surface area (TPSA) is 91.0 Å². The maximum Gasteiger partial charge on any atom is 0.165 e. The van der Waals surface area contributed by atoms with E-state index in [2.05, 4.69) is 17.4 Å². The summed E-state index contributed by atoms with van der Waals surface area (Å²) in [5.74, 6) is 6.52. The molecular formula is C17H23N3O3. The number of phenols is 1. The molecule has 0 amide bonds. The maximum atomic E-state index is 11.8. The smallest absolute Gasteiger partial charge is 0.165 e. The molecule has 1 unspecified atom stereocenters. The van der Waals surface area contributed by atoms with Crippen LogP contribution in [-0.2, 0) is 11.8 Å². The number of benzene rings is 1. The zero-order valence-electron chi connectivity index (χ0n) is 13.2. The molecule has 6 nitrogen and oxygen atoms in total. The van der Waals surface area contributed by atoms with E-state index < -0.39 is 11.0 Å². The predicted octanol–water partition coefficient (Wildman–Crippen LogP) is 0.00800. The number of likely N-dealkylation sites (N-methyl/N-ethyl adjacent to an activating group) is 1. The molecule has 6 heteroatoms. The van der Waals surface area contributed by atoms with E-state index >= 15 is 0 Å². The van der Waals surface area contributed by atoms with Gasteiger partial charge in [0.05, 0.1) is 17.1 Å². The summed E-state index contributed by atoms with van der Waals surface area (Å²) in [6, 6.07) is 3.78. The Bertz CT molecular complexity index is 696. The van der Waals surface area contributed by atoms with Crippen molar-refractivity contribution < 1.29 is 14.9 Å². The van der Waals surface area contributed by atoms with Crippen molar-refractivity contribution in [2.45, 2.75) is 54.9 Å². The molecule has 1 aromatic rings. The molecule has 5 atom stereocenters. The number of nitrogens with one attached hydrogen (secondary N) is 1. The average Bonchev–Trinajstić information content (AvgIpc) is 2.89. The highest BCUT2D eigenvalue weighted by Crippen LogP contribution is 2.65. The number of rotatable bonds is 1. The van der Waals surface area contributed by atoms with E-state index in [-0.39, 0.29) is 23.9 Å². The Labute approximate surface area is 135 Å². The van der Waals surface area contributed by atoms with Crippen molar-refractivity contribution in [2.24, 2.45) is 5.84 Å². The van der Waals surface area contributed by atoms with Crippen molar-refractivity contribution in [3.63, 3.8) is 0 Å². The Morgan fingerprint density at radius 1 is 1.39 bits per heavy atom. The number of hydrogen-bond acceptors (Lipinski definition) is 6. The second-order valence-corrected chi connectivity index (χ2v) is 7.64. The second kappa shape index (κ2) is 4.19. The van der Waals surface area contributed by atoms with Gasteiger partial charge < -0.3 is 19.8 Å². The monoisotopic (exact) mass is 317 g/mol. The number of phenolic OH excluding ortho intramolecular Hbond substituents is 1. The van der Waals surface area contributed by atoms with Gasteiger partial charge in [0.15, 0.2) is 11.5 Å². The third-order valence-electron chi connectivity index (χ3n) is 6.94. The number of ether oxygens (including phenoxy) is 1. The summed E-state index contributed by atoms with van der Waals surface area (Å²) < 4.78 is 6.24. The van der Waals surface area contributed by atoms with Gasteiger partial charge in [-0.25, -0.2) is 0 Å². The number of likely N-dealkylation sites (tertiary alicyclic amines) is 1. The van der Waals surface area contributed by atoms with E-state index in [9.17, 15) is 10.2 Å². The summed E-state index contributed by atoms with van der Waals surface area (Å²) >= 11 is 0. The highest BCUT2D eigenvalue weighted by Gasteiger charge is 2.72. The molecule has 2 fully saturated rings. The lowest BCUT2D eigenvalue weighted by Gasteiger charge is -2.63. The molecular weight excluding hydrogens is 294 g/mol. The van der Waals surface area contributed by atoms with E-state index in [1.165, 1.54) is 5.56 Å². The van der Waals surface area contributed by atoms with E-state index in [0.29, 0.717) is 12.2 Å². The third kappa shape index (κ3) is 1.36. The molecule has 124 valence electrons. The van der Waals surface area contributed by atoms with Crippen molar-refractivity contribution in [3.05, 3.63) is 23.3 Å². The SMILES string of the molecule is CN1CC[C@]23c4c5ccc(O)c4O[C@H]2C(NN)CC[C@@]3(O)[C@H]1C5. The number of nitrogens with two attached hydrogens (primary N) is 1. The standard InChI is InChI=1S/C17H23N3O3/c1-20-7-6-16-13-9-2-3-11(21)14(13)23-15(16)10(19-18)4-5-17(16,22)12(20)8-9/h2-3,10,12,15,19,21-22H,4-8,18H2,1H3/t10?,12-,15+,16+,17-/m1/s1. The van der Waals surface area contributed by atoms with E-state index in [4.69, 9.17) is 10.6 Å². The number of aliphatic hydroxyl groups is 1. The molecule has 5 N–H and O–H groups in total. The van der Waals surface area contributed by atoms with Crippen LogP contribution in [0.2, 0.25) is 0 Å². The summed E-state index contributed by atoms with van der Waals surface area (Å²) in [6.45, 7) is 0.915. The van der Waals surface area contributed by atoms with Crippen molar-refractivity contribution in [1.82, 2.24) is 10.3 Å². The van der Waals surface area contributed by atoms with Crippen LogP contribution in [0.15, 0.2) is 12.1 Å². The molecule has 1 saturated carbocycles. The van der Waals surface area contributed by atoms with Gasteiger partial charge in [-0.05, 0) is 50.9 Å². The second-order valence-electron chi connectivity index (χ2n) is 7.64. The van der Waals surface area contributed by atoms with Gasteiger partial charge in [0.1, 0.15) is 6.10 Å². The van der Waals surface area contributed by atoms with Gasteiger partial charge in [-0.1, -0.05) is 6.07 Å². The van der Waals surface area contributed by atoms with Crippen LogP contribution in [0.4, 0.5) is 0 Å². The first-order valence-corrected chi connectivity index (χ1v) is 8.43. The highest BCUT2D eigenvalue weighted by atomic mass is 16.5. The Morgan fingerprint density at radius 3 is 3.00 bits per heavy atom. The fourth-order valence-electron chi connectivity index (χ4n) is 5.92. The van der Waals surface area contributed by atoms with Crippen LogP contribution < -0.4 is 16.0 Å². The minimum Gasteiger partial charge on any atom is -0.504 e. The van der Waals surface area contributed by atoms with Gasteiger partial charge in [0.2, 0.25) is 0 Å². The maximum absolute atomic E-state index is 11.8. The number of aromatic hydroxyl groups is 1. The molecule has 2 aliphatic heterocycles. The van der Waals surface area contributed by atoms with Crippen LogP contribution >= 0.6 is 0 Å².